The summed E-state index contributed by atoms with van der Waals surface area (Å²) in [6.07, 6.45) is 2.55. The molecule has 0 atom stereocenters. The third kappa shape index (κ3) is 4.94. The van der Waals surface area contributed by atoms with Crippen LogP contribution in [0.2, 0.25) is 0 Å². The van der Waals surface area contributed by atoms with Crippen molar-refractivity contribution in [3.05, 3.63) is 59.4 Å². The van der Waals surface area contributed by atoms with Gasteiger partial charge in [0.2, 0.25) is 10.0 Å². The molecule has 0 saturated carbocycles. The molecule has 0 bridgehead atoms. The molecule has 0 aliphatic rings. The van der Waals surface area contributed by atoms with Crippen molar-refractivity contribution in [3.63, 3.8) is 0 Å². The zero-order valence-electron chi connectivity index (χ0n) is 12.3. The summed E-state index contributed by atoms with van der Waals surface area (Å²) >= 11 is 0. The van der Waals surface area contributed by atoms with Crippen molar-refractivity contribution < 1.29 is 13.2 Å². The number of rotatable bonds is 5. The van der Waals surface area contributed by atoms with Gasteiger partial charge in [0, 0.05) is 17.4 Å². The molecular weight excluding hydrogens is 302 g/mol. The number of hydrogen-bond acceptors (Lipinski definition) is 4. The highest BCUT2D eigenvalue weighted by atomic mass is 32.2. The van der Waals surface area contributed by atoms with Crippen molar-refractivity contribution in [2.75, 3.05) is 11.6 Å². The Morgan fingerprint density at radius 2 is 1.86 bits per heavy atom. The Labute approximate surface area is 129 Å². The molecule has 2 N–H and O–H groups in total. The third-order valence-electron chi connectivity index (χ3n) is 2.90. The lowest BCUT2D eigenvalue weighted by Crippen LogP contribution is -2.22. The summed E-state index contributed by atoms with van der Waals surface area (Å²) in [6.45, 7) is 2.01. The molecule has 6 nitrogen and oxygen atoms in total. The van der Waals surface area contributed by atoms with Crippen LogP contribution in [-0.4, -0.2) is 25.6 Å². The quantitative estimate of drug-likeness (QED) is 0.878. The largest absolute Gasteiger partial charge is 0.322 e. The van der Waals surface area contributed by atoms with E-state index in [2.05, 4.69) is 15.0 Å². The van der Waals surface area contributed by atoms with Gasteiger partial charge in [-0.25, -0.2) is 13.1 Å². The van der Waals surface area contributed by atoms with Gasteiger partial charge in [-0.1, -0.05) is 17.7 Å². The minimum atomic E-state index is -3.30. The molecule has 22 heavy (non-hydrogen) atoms. The predicted octanol–water partition coefficient (Wildman–Crippen LogP) is 1.69. The molecule has 1 amide bonds. The first kappa shape index (κ1) is 16.1. The van der Waals surface area contributed by atoms with E-state index in [1.54, 1.807) is 12.1 Å². The van der Waals surface area contributed by atoms with Gasteiger partial charge in [-0.15, -0.1) is 0 Å². The topological polar surface area (TPSA) is 88.2 Å². The molecule has 1 aromatic heterocycles. The molecule has 116 valence electrons. The molecule has 0 unspecified atom stereocenters. The van der Waals surface area contributed by atoms with E-state index in [4.69, 9.17) is 0 Å². The second-order valence-corrected chi connectivity index (χ2v) is 6.78. The van der Waals surface area contributed by atoms with Crippen LogP contribution in [0.15, 0.2) is 42.6 Å². The molecule has 0 saturated heterocycles. The number of sulfonamides is 1. The van der Waals surface area contributed by atoms with E-state index in [-0.39, 0.29) is 12.5 Å². The van der Waals surface area contributed by atoms with Crippen LogP contribution in [0.4, 0.5) is 5.69 Å². The SMILES string of the molecule is Cc1ccc(NC(=O)c2ccnc(CNS(C)(=O)=O)c2)cc1. The lowest BCUT2D eigenvalue weighted by molar-refractivity contribution is 0.102. The summed E-state index contributed by atoms with van der Waals surface area (Å²) in [6, 6.07) is 10.6. The van der Waals surface area contributed by atoms with Gasteiger partial charge in [0.15, 0.2) is 0 Å². The summed E-state index contributed by atoms with van der Waals surface area (Å²) in [4.78, 5) is 16.2. The van der Waals surface area contributed by atoms with Crippen LogP contribution in [0.1, 0.15) is 21.6 Å². The van der Waals surface area contributed by atoms with E-state index in [0.717, 1.165) is 11.8 Å². The smallest absolute Gasteiger partial charge is 0.255 e. The molecular formula is C15H17N3O3S. The summed E-state index contributed by atoms with van der Waals surface area (Å²) < 4.78 is 24.5. The van der Waals surface area contributed by atoms with Crippen LogP contribution in [0.25, 0.3) is 0 Å². The van der Waals surface area contributed by atoms with Gasteiger partial charge in [-0.2, -0.15) is 0 Å². The number of nitrogens with one attached hydrogen (secondary N) is 2. The van der Waals surface area contributed by atoms with Gasteiger partial charge in [0.1, 0.15) is 0 Å². The number of anilines is 1. The number of benzene rings is 1. The van der Waals surface area contributed by atoms with E-state index < -0.39 is 10.0 Å². The number of pyridine rings is 1. The maximum absolute atomic E-state index is 12.2. The number of nitrogens with zero attached hydrogens (tertiary/aromatic N) is 1. The Bertz CT molecular complexity index is 771. The van der Waals surface area contributed by atoms with Crippen LogP contribution in [-0.2, 0) is 16.6 Å². The summed E-state index contributed by atoms with van der Waals surface area (Å²) in [5, 5.41) is 2.78. The Hall–Kier alpha value is -2.25. The van der Waals surface area contributed by atoms with Crippen LogP contribution >= 0.6 is 0 Å². The highest BCUT2D eigenvalue weighted by Crippen LogP contribution is 2.11. The standard InChI is InChI=1S/C15H17N3O3S/c1-11-3-5-13(6-4-11)18-15(19)12-7-8-16-14(9-12)10-17-22(2,20)21/h3-9,17H,10H2,1-2H3,(H,18,19). The van der Waals surface area contributed by atoms with E-state index in [1.165, 1.54) is 6.20 Å². The lowest BCUT2D eigenvalue weighted by atomic mass is 10.2. The molecule has 0 aliphatic heterocycles. The van der Waals surface area contributed by atoms with E-state index in [9.17, 15) is 13.2 Å². The predicted molar refractivity (Wildman–Crippen MR) is 85.1 cm³/mol. The van der Waals surface area contributed by atoms with Gasteiger partial charge in [0.25, 0.3) is 5.91 Å². The van der Waals surface area contributed by atoms with E-state index in [1.807, 2.05) is 31.2 Å². The van der Waals surface area contributed by atoms with Crippen molar-refractivity contribution >= 4 is 21.6 Å². The van der Waals surface area contributed by atoms with Crippen LogP contribution in [0.5, 0.6) is 0 Å². The highest BCUT2D eigenvalue weighted by molar-refractivity contribution is 7.88. The second kappa shape index (κ2) is 6.67. The van der Waals surface area contributed by atoms with Crippen LogP contribution < -0.4 is 10.0 Å². The van der Waals surface area contributed by atoms with Crippen molar-refractivity contribution in [2.45, 2.75) is 13.5 Å². The monoisotopic (exact) mass is 319 g/mol. The molecule has 0 spiro atoms. The minimum Gasteiger partial charge on any atom is -0.322 e. The van der Waals surface area contributed by atoms with Gasteiger partial charge >= 0.3 is 0 Å². The number of amides is 1. The van der Waals surface area contributed by atoms with E-state index in [0.29, 0.717) is 16.9 Å². The second-order valence-electron chi connectivity index (χ2n) is 4.95. The van der Waals surface area contributed by atoms with Gasteiger partial charge < -0.3 is 5.32 Å². The first-order chi connectivity index (χ1) is 10.3. The average molecular weight is 319 g/mol. The Morgan fingerprint density at radius 1 is 1.18 bits per heavy atom. The molecule has 2 rings (SSSR count). The molecule has 2 aromatic rings. The molecule has 0 radical (unpaired) electrons. The lowest BCUT2D eigenvalue weighted by Gasteiger charge is -2.07. The molecule has 1 aromatic carbocycles. The average Bonchev–Trinajstić information content (AvgIpc) is 2.47. The highest BCUT2D eigenvalue weighted by Gasteiger charge is 2.08. The molecule has 7 heteroatoms. The molecule has 0 fully saturated rings. The summed E-state index contributed by atoms with van der Waals surface area (Å²) in [7, 11) is -3.30. The molecule has 0 aliphatic carbocycles. The summed E-state index contributed by atoms with van der Waals surface area (Å²) in [5.41, 5.74) is 2.70. The maximum Gasteiger partial charge on any atom is 0.255 e. The first-order valence-corrected chi connectivity index (χ1v) is 8.50. The van der Waals surface area contributed by atoms with E-state index >= 15 is 0 Å². The maximum atomic E-state index is 12.2. The van der Waals surface area contributed by atoms with Gasteiger partial charge in [-0.3, -0.25) is 9.78 Å². The van der Waals surface area contributed by atoms with Crippen LogP contribution in [0, 0.1) is 6.92 Å². The fourth-order valence-electron chi connectivity index (χ4n) is 1.76. The van der Waals surface area contributed by atoms with Gasteiger partial charge in [-0.05, 0) is 31.2 Å². The fraction of sp³-hybridized carbons (Fsp3) is 0.200. The zero-order valence-corrected chi connectivity index (χ0v) is 13.1. The molecule has 1 heterocycles. The van der Waals surface area contributed by atoms with Gasteiger partial charge in [0.05, 0.1) is 18.5 Å². The van der Waals surface area contributed by atoms with Crippen molar-refractivity contribution in [1.82, 2.24) is 9.71 Å². The number of aromatic nitrogens is 1. The Balaban J connectivity index is 2.08. The van der Waals surface area contributed by atoms with Crippen LogP contribution in [0.3, 0.4) is 0 Å². The third-order valence-corrected chi connectivity index (χ3v) is 3.57. The minimum absolute atomic E-state index is 0.0461. The first-order valence-electron chi connectivity index (χ1n) is 6.61. The fourth-order valence-corrected chi connectivity index (χ4v) is 2.17. The van der Waals surface area contributed by atoms with Crippen molar-refractivity contribution in [3.8, 4) is 0 Å². The number of carbonyl (C=O) groups excluding carboxylic acids is 1. The Kier molecular flexibility index (Phi) is 4.89. The van der Waals surface area contributed by atoms with Crippen molar-refractivity contribution in [2.24, 2.45) is 0 Å². The Morgan fingerprint density at radius 3 is 2.50 bits per heavy atom. The zero-order chi connectivity index (χ0) is 16.2. The summed E-state index contributed by atoms with van der Waals surface area (Å²) in [5.74, 6) is -0.271. The number of hydrogen-bond donors (Lipinski definition) is 2. The number of carbonyl (C=O) groups is 1. The normalized spacial score (nSPS) is 11.2. The van der Waals surface area contributed by atoms with Crippen molar-refractivity contribution in [1.29, 1.82) is 0 Å². The number of aryl methyl sites for hydroxylation is 1.